The van der Waals surface area contributed by atoms with Gasteiger partial charge >= 0.3 is 5.97 Å². The molecule has 0 aliphatic heterocycles. The Hall–Kier alpha value is -2.36. The zero-order valence-electron chi connectivity index (χ0n) is 9.57. The fraction of sp³-hybridized carbons (Fsp3) is 0.400. The van der Waals surface area contributed by atoms with Crippen molar-refractivity contribution in [2.24, 2.45) is 0 Å². The zero-order chi connectivity index (χ0) is 13.3. The predicted octanol–water partition coefficient (Wildman–Crippen LogP) is -0.791. The molecular formula is C10H13N3O4. The van der Waals surface area contributed by atoms with Crippen LogP contribution in [0.3, 0.4) is 0 Å². The van der Waals surface area contributed by atoms with E-state index >= 15 is 0 Å². The third-order valence-corrected chi connectivity index (χ3v) is 1.71. The lowest BCUT2D eigenvalue weighted by molar-refractivity contribution is -0.141. The maximum absolute atomic E-state index is 11.2. The number of rotatable bonds is 6. The lowest BCUT2D eigenvalue weighted by atomic mass is 10.2. The molecule has 17 heavy (non-hydrogen) atoms. The largest absolute Gasteiger partial charge is 0.465 e. The molecule has 0 saturated carbocycles. The van der Waals surface area contributed by atoms with Crippen molar-refractivity contribution in [3.05, 3.63) is 11.3 Å². The zero-order valence-corrected chi connectivity index (χ0v) is 9.57. The number of nitrogens with one attached hydrogen (secondary N) is 2. The van der Waals surface area contributed by atoms with Crippen molar-refractivity contribution in [3.8, 4) is 6.07 Å². The summed E-state index contributed by atoms with van der Waals surface area (Å²) in [6.45, 7) is 3.21. The first kappa shape index (κ1) is 14.6. The SMILES string of the molecule is CCOC(=O)CNC(C)=C(C#N)C(=O)NC=O. The highest BCUT2D eigenvalue weighted by Gasteiger charge is 2.12. The van der Waals surface area contributed by atoms with E-state index in [0.717, 1.165) is 0 Å². The van der Waals surface area contributed by atoms with Crippen LogP contribution in [0.2, 0.25) is 0 Å². The lowest BCUT2D eigenvalue weighted by Gasteiger charge is -2.07. The quantitative estimate of drug-likeness (QED) is 0.272. The Labute approximate surface area is 98.4 Å². The number of carbonyl (C=O) groups is 3. The van der Waals surface area contributed by atoms with Crippen LogP contribution in [0.1, 0.15) is 13.8 Å². The average molecular weight is 239 g/mol. The van der Waals surface area contributed by atoms with Crippen molar-refractivity contribution in [1.29, 1.82) is 5.26 Å². The van der Waals surface area contributed by atoms with E-state index < -0.39 is 11.9 Å². The van der Waals surface area contributed by atoms with E-state index in [2.05, 4.69) is 10.1 Å². The Morgan fingerprint density at radius 2 is 2.12 bits per heavy atom. The molecule has 0 aromatic carbocycles. The van der Waals surface area contributed by atoms with Crippen molar-refractivity contribution < 1.29 is 19.1 Å². The summed E-state index contributed by atoms with van der Waals surface area (Å²) >= 11 is 0. The van der Waals surface area contributed by atoms with E-state index in [1.165, 1.54) is 6.92 Å². The minimum atomic E-state index is -0.823. The van der Waals surface area contributed by atoms with Crippen LogP contribution < -0.4 is 10.6 Å². The van der Waals surface area contributed by atoms with E-state index in [-0.39, 0.29) is 30.8 Å². The van der Waals surface area contributed by atoms with Gasteiger partial charge in [-0.25, -0.2) is 0 Å². The van der Waals surface area contributed by atoms with Gasteiger partial charge in [0, 0.05) is 5.70 Å². The van der Waals surface area contributed by atoms with Gasteiger partial charge in [0.05, 0.1) is 6.61 Å². The van der Waals surface area contributed by atoms with Crippen molar-refractivity contribution in [1.82, 2.24) is 10.6 Å². The van der Waals surface area contributed by atoms with Gasteiger partial charge in [0.15, 0.2) is 0 Å². The second-order valence-corrected chi connectivity index (χ2v) is 2.86. The fourth-order valence-electron chi connectivity index (χ4n) is 0.936. The smallest absolute Gasteiger partial charge is 0.325 e. The summed E-state index contributed by atoms with van der Waals surface area (Å²) < 4.78 is 4.65. The van der Waals surface area contributed by atoms with Gasteiger partial charge in [-0.2, -0.15) is 5.26 Å². The number of nitriles is 1. The first-order valence-electron chi connectivity index (χ1n) is 4.81. The Morgan fingerprint density at radius 3 is 2.59 bits per heavy atom. The van der Waals surface area contributed by atoms with Gasteiger partial charge in [-0.3, -0.25) is 19.7 Å². The molecule has 2 N–H and O–H groups in total. The molecule has 0 spiro atoms. The monoisotopic (exact) mass is 239 g/mol. The second-order valence-electron chi connectivity index (χ2n) is 2.86. The van der Waals surface area contributed by atoms with Crippen LogP contribution in [0.5, 0.6) is 0 Å². The number of carbonyl (C=O) groups excluding carboxylic acids is 3. The standard InChI is InChI=1S/C10H13N3O4/c1-3-17-9(15)5-12-7(2)8(4-11)10(16)13-6-14/h6,12H,3,5H2,1-2H3,(H,13,14,16). The Balaban J connectivity index is 4.55. The molecule has 0 aliphatic rings. The molecule has 0 radical (unpaired) electrons. The lowest BCUT2D eigenvalue weighted by Crippen LogP contribution is -2.29. The van der Waals surface area contributed by atoms with E-state index in [0.29, 0.717) is 0 Å². The number of ether oxygens (including phenoxy) is 1. The van der Waals surface area contributed by atoms with Crippen molar-refractivity contribution in [2.45, 2.75) is 13.8 Å². The summed E-state index contributed by atoms with van der Waals surface area (Å²) in [6.07, 6.45) is 0.179. The molecule has 0 rings (SSSR count). The molecule has 7 nitrogen and oxygen atoms in total. The molecule has 0 bridgehead atoms. The molecule has 7 heteroatoms. The van der Waals surface area contributed by atoms with Crippen LogP contribution in [-0.2, 0) is 19.1 Å². The van der Waals surface area contributed by atoms with Crippen LogP contribution in [-0.4, -0.2) is 31.4 Å². The van der Waals surface area contributed by atoms with Gasteiger partial charge in [0.1, 0.15) is 18.2 Å². The van der Waals surface area contributed by atoms with Gasteiger partial charge in [-0.15, -0.1) is 0 Å². The molecule has 2 amide bonds. The topological polar surface area (TPSA) is 108 Å². The average Bonchev–Trinajstić information content (AvgIpc) is 2.28. The van der Waals surface area contributed by atoms with Crippen LogP contribution in [0.25, 0.3) is 0 Å². The van der Waals surface area contributed by atoms with E-state index in [1.54, 1.807) is 13.0 Å². The summed E-state index contributed by atoms with van der Waals surface area (Å²) in [5.41, 5.74) is -0.0682. The highest BCUT2D eigenvalue weighted by atomic mass is 16.5. The molecule has 0 fully saturated rings. The van der Waals surface area contributed by atoms with Gasteiger partial charge in [-0.1, -0.05) is 0 Å². The molecule has 0 unspecified atom stereocenters. The minimum absolute atomic E-state index is 0.154. The molecular weight excluding hydrogens is 226 g/mol. The molecule has 0 aromatic heterocycles. The Bertz CT molecular complexity index is 382. The number of hydrogen-bond acceptors (Lipinski definition) is 6. The molecule has 0 atom stereocenters. The van der Waals surface area contributed by atoms with Gasteiger partial charge in [0.2, 0.25) is 6.41 Å². The van der Waals surface area contributed by atoms with E-state index in [9.17, 15) is 14.4 Å². The predicted molar refractivity (Wildman–Crippen MR) is 57.2 cm³/mol. The maximum atomic E-state index is 11.2. The Kier molecular flexibility index (Phi) is 6.78. The van der Waals surface area contributed by atoms with Crippen LogP contribution in [0.4, 0.5) is 0 Å². The fourth-order valence-corrected chi connectivity index (χ4v) is 0.936. The highest BCUT2D eigenvalue weighted by molar-refractivity contribution is 6.02. The maximum Gasteiger partial charge on any atom is 0.325 e. The van der Waals surface area contributed by atoms with Crippen LogP contribution in [0, 0.1) is 11.3 Å². The normalized spacial score (nSPS) is 10.6. The van der Waals surface area contributed by atoms with Gasteiger partial charge < -0.3 is 10.1 Å². The molecule has 0 aromatic rings. The Morgan fingerprint density at radius 1 is 1.47 bits per heavy atom. The third-order valence-electron chi connectivity index (χ3n) is 1.71. The summed E-state index contributed by atoms with van der Waals surface area (Å²) in [6, 6.07) is 1.64. The van der Waals surface area contributed by atoms with E-state index in [1.807, 2.05) is 5.32 Å². The number of amides is 2. The first-order chi connectivity index (χ1) is 8.06. The first-order valence-corrected chi connectivity index (χ1v) is 4.81. The van der Waals surface area contributed by atoms with Gasteiger partial charge in [-0.05, 0) is 13.8 Å². The van der Waals surface area contributed by atoms with Crippen molar-refractivity contribution >= 4 is 18.3 Å². The van der Waals surface area contributed by atoms with Crippen LogP contribution >= 0.6 is 0 Å². The summed E-state index contributed by atoms with van der Waals surface area (Å²) in [5, 5.41) is 13.1. The second kappa shape index (κ2) is 7.87. The summed E-state index contributed by atoms with van der Waals surface area (Å²) in [5.74, 6) is -1.32. The summed E-state index contributed by atoms with van der Waals surface area (Å²) in [7, 11) is 0. The van der Waals surface area contributed by atoms with E-state index in [4.69, 9.17) is 5.26 Å². The molecule has 0 heterocycles. The molecule has 92 valence electrons. The number of nitrogens with zero attached hydrogens (tertiary/aromatic N) is 1. The summed E-state index contributed by atoms with van der Waals surface area (Å²) in [4.78, 5) is 32.3. The molecule has 0 aliphatic carbocycles. The number of allylic oxidation sites excluding steroid dienone is 1. The minimum Gasteiger partial charge on any atom is -0.465 e. The van der Waals surface area contributed by atoms with Gasteiger partial charge in [0.25, 0.3) is 5.91 Å². The number of esters is 1. The molecule has 0 saturated heterocycles. The van der Waals surface area contributed by atoms with Crippen molar-refractivity contribution in [2.75, 3.05) is 13.2 Å². The van der Waals surface area contributed by atoms with Crippen molar-refractivity contribution in [3.63, 3.8) is 0 Å². The van der Waals surface area contributed by atoms with Crippen LogP contribution in [0.15, 0.2) is 11.3 Å². The number of hydrogen-bond donors (Lipinski definition) is 2. The highest BCUT2D eigenvalue weighted by Crippen LogP contribution is 1.99. The third kappa shape index (κ3) is 5.32. The number of imide groups is 1.